The third-order valence-electron chi connectivity index (χ3n) is 1.15. The maximum atomic E-state index is 8.63. The minimum Gasteiger partial charge on any atom is -0.192 e. The fraction of sp³-hybridized carbons (Fsp3) is 0. The average Bonchev–Trinajstić information content (AvgIpc) is 1.96. The van der Waals surface area contributed by atoms with Crippen LogP contribution in [0.4, 0.5) is 0 Å². The fourth-order valence-electron chi connectivity index (χ4n) is 0.651. The molecular weight excluding hydrogens is 290 g/mol. The lowest BCUT2D eigenvalue weighted by Crippen LogP contribution is -1.79. The minimum atomic E-state index is 0.564. The predicted octanol–water partition coefficient (Wildman–Crippen LogP) is 3.37. The summed E-state index contributed by atoms with van der Waals surface area (Å²) in [6, 6.07) is 5.62. The first kappa shape index (κ1) is 9.11. The molecule has 0 spiro atoms. The van der Waals surface area contributed by atoms with Crippen molar-refractivity contribution in [1.82, 2.24) is 0 Å². The number of hydrogen-bond donors (Lipinski definition) is 1. The van der Waals surface area contributed by atoms with Crippen LogP contribution in [0.15, 0.2) is 26.0 Å². The van der Waals surface area contributed by atoms with E-state index in [-0.39, 0.29) is 0 Å². The molecule has 0 unspecified atom stereocenters. The van der Waals surface area contributed by atoms with Gasteiger partial charge in [0.25, 0.3) is 0 Å². The molecule has 1 rings (SSSR count). The lowest BCUT2D eigenvalue weighted by Gasteiger charge is -1.99. The molecule has 4 heteroatoms. The van der Waals surface area contributed by atoms with Crippen molar-refractivity contribution in [3.63, 3.8) is 0 Å². The molecule has 0 aliphatic heterocycles. The summed E-state index contributed by atoms with van der Waals surface area (Å²) in [6.07, 6.45) is 0. The van der Waals surface area contributed by atoms with Gasteiger partial charge in [0.2, 0.25) is 0 Å². The normalized spacial score (nSPS) is 9.27. The zero-order valence-electron chi connectivity index (χ0n) is 5.31. The number of hydrogen-bond acceptors (Lipinski definition) is 2. The van der Waals surface area contributed by atoms with E-state index in [9.17, 15) is 0 Å². The van der Waals surface area contributed by atoms with Gasteiger partial charge in [0.05, 0.1) is 5.56 Å². The van der Waals surface area contributed by atoms with Gasteiger partial charge in [0.1, 0.15) is 6.07 Å². The topological polar surface area (TPSA) is 23.8 Å². The number of nitriles is 1. The van der Waals surface area contributed by atoms with Crippen molar-refractivity contribution in [3.05, 3.63) is 26.6 Å². The standard InChI is InChI=1S/C7H3Br2NS/c8-5-1-4(3-10)7(11)6(9)2-5/h1-2,11H. The van der Waals surface area contributed by atoms with E-state index in [1.165, 1.54) is 0 Å². The van der Waals surface area contributed by atoms with Crippen LogP contribution in [-0.4, -0.2) is 0 Å². The molecule has 1 aromatic rings. The van der Waals surface area contributed by atoms with Crippen molar-refractivity contribution in [2.75, 3.05) is 0 Å². The molecular formula is C7H3Br2NS. The largest absolute Gasteiger partial charge is 0.192 e. The quantitative estimate of drug-likeness (QED) is 0.728. The number of thiol groups is 1. The molecule has 0 N–H and O–H groups in total. The van der Waals surface area contributed by atoms with Crippen LogP contribution in [0.5, 0.6) is 0 Å². The molecule has 1 aromatic carbocycles. The Hall–Kier alpha value is 0.0200. The van der Waals surface area contributed by atoms with E-state index in [0.29, 0.717) is 10.5 Å². The SMILES string of the molecule is N#Cc1cc(Br)cc(Br)c1S. The van der Waals surface area contributed by atoms with Gasteiger partial charge < -0.3 is 0 Å². The summed E-state index contributed by atoms with van der Waals surface area (Å²) in [6.45, 7) is 0. The Kier molecular flexibility index (Phi) is 2.99. The first-order valence-electron chi connectivity index (χ1n) is 2.73. The second kappa shape index (κ2) is 3.61. The fourth-order valence-corrected chi connectivity index (χ4v) is 2.06. The van der Waals surface area contributed by atoms with Crippen LogP contribution in [0.3, 0.4) is 0 Å². The molecule has 0 bridgehead atoms. The Balaban J connectivity index is 3.39. The molecule has 1 nitrogen and oxygen atoms in total. The number of rotatable bonds is 0. The van der Waals surface area contributed by atoms with E-state index in [2.05, 4.69) is 44.5 Å². The van der Waals surface area contributed by atoms with Crippen LogP contribution in [0.25, 0.3) is 0 Å². The van der Waals surface area contributed by atoms with Gasteiger partial charge in [-0.15, -0.1) is 12.6 Å². The molecule has 0 atom stereocenters. The molecule has 0 radical (unpaired) electrons. The Labute approximate surface area is 87.1 Å². The molecule has 0 saturated heterocycles. The lowest BCUT2D eigenvalue weighted by atomic mass is 10.2. The van der Waals surface area contributed by atoms with Gasteiger partial charge in [-0.1, -0.05) is 15.9 Å². The summed E-state index contributed by atoms with van der Waals surface area (Å²) < 4.78 is 1.70. The summed E-state index contributed by atoms with van der Waals surface area (Å²) >= 11 is 10.7. The van der Waals surface area contributed by atoms with E-state index in [4.69, 9.17) is 5.26 Å². The Bertz CT molecular complexity index is 330. The first-order chi connectivity index (χ1) is 5.15. The highest BCUT2D eigenvalue weighted by atomic mass is 79.9. The van der Waals surface area contributed by atoms with Gasteiger partial charge in [-0.3, -0.25) is 0 Å². The maximum absolute atomic E-state index is 8.63. The van der Waals surface area contributed by atoms with E-state index >= 15 is 0 Å². The highest BCUT2D eigenvalue weighted by Crippen LogP contribution is 2.28. The van der Waals surface area contributed by atoms with E-state index in [0.717, 1.165) is 8.95 Å². The summed E-state index contributed by atoms with van der Waals surface area (Å²) in [5.74, 6) is 0. The summed E-state index contributed by atoms with van der Waals surface area (Å²) in [5, 5.41) is 8.63. The number of nitrogens with zero attached hydrogens (tertiary/aromatic N) is 1. The van der Waals surface area contributed by atoms with Crippen molar-refractivity contribution < 1.29 is 0 Å². The van der Waals surface area contributed by atoms with Crippen LogP contribution >= 0.6 is 44.5 Å². The monoisotopic (exact) mass is 291 g/mol. The zero-order chi connectivity index (χ0) is 8.43. The third-order valence-corrected chi connectivity index (χ3v) is 3.02. The summed E-state index contributed by atoms with van der Waals surface area (Å²) in [4.78, 5) is 0.677. The van der Waals surface area contributed by atoms with Crippen LogP contribution in [0.2, 0.25) is 0 Å². The first-order valence-corrected chi connectivity index (χ1v) is 4.76. The predicted molar refractivity (Wildman–Crippen MR) is 53.8 cm³/mol. The van der Waals surface area contributed by atoms with Crippen LogP contribution < -0.4 is 0 Å². The molecule has 0 aromatic heterocycles. The molecule has 0 fully saturated rings. The van der Waals surface area contributed by atoms with Gasteiger partial charge >= 0.3 is 0 Å². The van der Waals surface area contributed by atoms with Crippen LogP contribution in [0, 0.1) is 11.3 Å². The molecule has 11 heavy (non-hydrogen) atoms. The molecule has 56 valence electrons. The van der Waals surface area contributed by atoms with E-state index < -0.39 is 0 Å². The summed E-state index contributed by atoms with van der Waals surface area (Å²) in [5.41, 5.74) is 0.564. The lowest BCUT2D eigenvalue weighted by molar-refractivity contribution is 1.33. The van der Waals surface area contributed by atoms with Crippen molar-refractivity contribution in [3.8, 4) is 6.07 Å². The van der Waals surface area contributed by atoms with Gasteiger partial charge in [-0.25, -0.2) is 0 Å². The highest BCUT2D eigenvalue weighted by Gasteiger charge is 2.03. The Morgan fingerprint density at radius 1 is 1.36 bits per heavy atom. The smallest absolute Gasteiger partial charge is 0.100 e. The Morgan fingerprint density at radius 3 is 2.55 bits per heavy atom. The minimum absolute atomic E-state index is 0.564. The highest BCUT2D eigenvalue weighted by molar-refractivity contribution is 9.11. The van der Waals surface area contributed by atoms with Crippen molar-refractivity contribution >= 4 is 44.5 Å². The van der Waals surface area contributed by atoms with Crippen LogP contribution in [-0.2, 0) is 0 Å². The number of benzene rings is 1. The van der Waals surface area contributed by atoms with E-state index in [1.807, 2.05) is 12.1 Å². The van der Waals surface area contributed by atoms with E-state index in [1.54, 1.807) is 6.07 Å². The molecule has 0 aliphatic rings. The van der Waals surface area contributed by atoms with Gasteiger partial charge in [-0.2, -0.15) is 5.26 Å². The van der Waals surface area contributed by atoms with Crippen molar-refractivity contribution in [2.24, 2.45) is 0 Å². The maximum Gasteiger partial charge on any atom is 0.100 e. The van der Waals surface area contributed by atoms with Gasteiger partial charge in [-0.05, 0) is 28.1 Å². The molecule has 0 heterocycles. The second-order valence-corrected chi connectivity index (χ2v) is 4.11. The molecule has 0 saturated carbocycles. The third kappa shape index (κ3) is 1.98. The summed E-state index contributed by atoms with van der Waals surface area (Å²) in [7, 11) is 0. The number of halogens is 2. The Morgan fingerprint density at radius 2 is 2.00 bits per heavy atom. The zero-order valence-corrected chi connectivity index (χ0v) is 9.37. The van der Waals surface area contributed by atoms with Gasteiger partial charge in [0.15, 0.2) is 0 Å². The van der Waals surface area contributed by atoms with Crippen molar-refractivity contribution in [2.45, 2.75) is 4.90 Å². The molecule has 0 aliphatic carbocycles. The molecule has 0 amide bonds. The van der Waals surface area contributed by atoms with Gasteiger partial charge in [0, 0.05) is 13.8 Å². The second-order valence-electron chi connectivity index (χ2n) is 1.90. The van der Waals surface area contributed by atoms with Crippen molar-refractivity contribution in [1.29, 1.82) is 5.26 Å². The van der Waals surface area contributed by atoms with Crippen LogP contribution in [0.1, 0.15) is 5.56 Å². The average molecular weight is 293 g/mol.